The molecule has 1 atom stereocenters. The largest absolute Gasteiger partial charge is 0.482 e. The predicted octanol–water partition coefficient (Wildman–Crippen LogP) is 2.15. The quantitative estimate of drug-likeness (QED) is 0.825. The van der Waals surface area contributed by atoms with Gasteiger partial charge in [-0.1, -0.05) is 23.9 Å². The Morgan fingerprint density at radius 3 is 2.82 bits per heavy atom. The van der Waals surface area contributed by atoms with Crippen LogP contribution in [0.15, 0.2) is 23.4 Å². The highest BCUT2D eigenvalue weighted by atomic mass is 32.2. The summed E-state index contributed by atoms with van der Waals surface area (Å²) in [6, 6.07) is 5.96. The van der Waals surface area contributed by atoms with Crippen LogP contribution in [-0.2, 0) is 11.8 Å². The summed E-state index contributed by atoms with van der Waals surface area (Å²) in [6.07, 6.45) is -0.249. The Bertz CT molecular complexity index is 684. The number of carbonyl (C=O) groups is 1. The summed E-state index contributed by atoms with van der Waals surface area (Å²) in [5.41, 5.74) is 7.44. The van der Waals surface area contributed by atoms with E-state index in [9.17, 15) is 4.79 Å². The van der Waals surface area contributed by atoms with Crippen LogP contribution in [0.4, 0.5) is 0 Å². The number of rotatable bonds is 6. The van der Waals surface area contributed by atoms with E-state index in [1.807, 2.05) is 50.6 Å². The fourth-order valence-corrected chi connectivity index (χ4v) is 2.69. The summed E-state index contributed by atoms with van der Waals surface area (Å²) in [5.74, 6) is 1.34. The lowest BCUT2D eigenvalue weighted by atomic mass is 10.1. The van der Waals surface area contributed by atoms with Crippen LogP contribution in [0.5, 0.6) is 5.75 Å². The van der Waals surface area contributed by atoms with Gasteiger partial charge in [-0.2, -0.15) is 0 Å². The van der Waals surface area contributed by atoms with E-state index in [4.69, 9.17) is 10.5 Å². The van der Waals surface area contributed by atoms with E-state index in [0.29, 0.717) is 11.0 Å². The Labute approximate surface area is 134 Å². The number of hydrogen-bond donors (Lipinski definition) is 1. The molecule has 2 rings (SSSR count). The van der Waals surface area contributed by atoms with Gasteiger partial charge in [0.05, 0.1) is 5.75 Å². The second-order valence-corrected chi connectivity index (χ2v) is 6.06. The molecular formula is C15H20N4O2S. The van der Waals surface area contributed by atoms with Gasteiger partial charge in [0.15, 0.2) is 17.1 Å². The number of benzene rings is 1. The molecule has 0 saturated heterocycles. The molecule has 0 saturated carbocycles. The summed E-state index contributed by atoms with van der Waals surface area (Å²) in [5, 5.41) is 8.88. The van der Waals surface area contributed by atoms with Crippen molar-refractivity contribution in [1.29, 1.82) is 0 Å². The third-order valence-electron chi connectivity index (χ3n) is 3.43. The topological polar surface area (TPSA) is 83.0 Å². The van der Waals surface area contributed by atoms with Gasteiger partial charge >= 0.3 is 0 Å². The van der Waals surface area contributed by atoms with Gasteiger partial charge in [-0.25, -0.2) is 0 Å². The second kappa shape index (κ2) is 6.83. The molecule has 0 fully saturated rings. The highest BCUT2D eigenvalue weighted by Crippen LogP contribution is 2.27. The Kier molecular flexibility index (Phi) is 5.07. The minimum absolute atomic E-state index is 0.179. The molecule has 0 aliphatic heterocycles. The van der Waals surface area contributed by atoms with E-state index in [2.05, 4.69) is 10.2 Å². The van der Waals surface area contributed by atoms with E-state index in [1.54, 1.807) is 0 Å². The van der Waals surface area contributed by atoms with Crippen LogP contribution in [0.1, 0.15) is 30.0 Å². The average Bonchev–Trinajstić information content (AvgIpc) is 2.83. The molecule has 1 unspecified atom stereocenters. The number of thioether (sulfide) groups is 1. The Balaban J connectivity index is 2.14. The summed E-state index contributed by atoms with van der Waals surface area (Å²) >= 11 is 1.26. The van der Waals surface area contributed by atoms with Gasteiger partial charge in [-0.15, -0.1) is 10.2 Å². The zero-order chi connectivity index (χ0) is 16.3. The number of aromatic nitrogens is 3. The first-order chi connectivity index (χ1) is 10.4. The van der Waals surface area contributed by atoms with Crippen LogP contribution < -0.4 is 10.5 Å². The van der Waals surface area contributed by atoms with E-state index in [1.165, 1.54) is 17.3 Å². The third kappa shape index (κ3) is 3.59. The number of carbonyl (C=O) groups excluding carboxylic acids is 1. The Morgan fingerprint density at radius 2 is 2.14 bits per heavy atom. The summed E-state index contributed by atoms with van der Waals surface area (Å²) in [7, 11) is 1.85. The summed E-state index contributed by atoms with van der Waals surface area (Å²) < 4.78 is 7.83. The van der Waals surface area contributed by atoms with Crippen molar-refractivity contribution in [2.75, 3.05) is 5.75 Å². The number of nitrogens with two attached hydrogens (primary N) is 1. The Hall–Kier alpha value is -2.02. The number of aryl methyl sites for hydroxylation is 1. The van der Waals surface area contributed by atoms with Gasteiger partial charge in [0.2, 0.25) is 5.91 Å². The van der Waals surface area contributed by atoms with Crippen molar-refractivity contribution in [2.45, 2.75) is 32.0 Å². The van der Waals surface area contributed by atoms with Crippen molar-refractivity contribution in [3.05, 3.63) is 35.2 Å². The van der Waals surface area contributed by atoms with Gasteiger partial charge in [0.1, 0.15) is 5.75 Å². The maximum absolute atomic E-state index is 10.9. The van der Waals surface area contributed by atoms with Gasteiger partial charge in [-0.05, 0) is 38.0 Å². The zero-order valence-electron chi connectivity index (χ0n) is 13.2. The molecule has 1 aromatic carbocycles. The van der Waals surface area contributed by atoms with Crippen LogP contribution >= 0.6 is 11.8 Å². The number of nitrogens with zero attached hydrogens (tertiary/aromatic N) is 3. The molecular weight excluding hydrogens is 300 g/mol. The summed E-state index contributed by atoms with van der Waals surface area (Å²) in [6.45, 7) is 6.00. The smallest absolute Gasteiger partial charge is 0.227 e. The van der Waals surface area contributed by atoms with Crippen LogP contribution in [-0.4, -0.2) is 26.4 Å². The first-order valence-electron chi connectivity index (χ1n) is 6.93. The standard InChI is InChI=1S/C15H20N4O2S/c1-9-6-5-7-12(10(9)2)21-11(3)14-17-18-15(19(14)4)22-8-13(16)20/h5-7,11H,8H2,1-4H3,(H2,16,20). The monoisotopic (exact) mass is 320 g/mol. The van der Waals surface area contributed by atoms with Crippen molar-refractivity contribution in [3.63, 3.8) is 0 Å². The molecule has 22 heavy (non-hydrogen) atoms. The fraction of sp³-hybridized carbons (Fsp3) is 0.400. The fourth-order valence-electron chi connectivity index (χ4n) is 2.04. The molecule has 0 spiro atoms. The summed E-state index contributed by atoms with van der Waals surface area (Å²) in [4.78, 5) is 10.9. The second-order valence-electron chi connectivity index (χ2n) is 5.11. The highest BCUT2D eigenvalue weighted by molar-refractivity contribution is 7.99. The van der Waals surface area contributed by atoms with Crippen molar-refractivity contribution in [1.82, 2.24) is 14.8 Å². The van der Waals surface area contributed by atoms with Crippen molar-refractivity contribution in [2.24, 2.45) is 12.8 Å². The molecule has 6 nitrogen and oxygen atoms in total. The molecule has 2 N–H and O–H groups in total. The van der Waals surface area contributed by atoms with Crippen molar-refractivity contribution < 1.29 is 9.53 Å². The molecule has 0 radical (unpaired) electrons. The molecule has 0 bridgehead atoms. The number of ether oxygens (including phenoxy) is 1. The molecule has 1 amide bonds. The minimum atomic E-state index is -0.380. The van der Waals surface area contributed by atoms with Gasteiger partial charge < -0.3 is 15.0 Å². The van der Waals surface area contributed by atoms with E-state index in [-0.39, 0.29) is 17.8 Å². The molecule has 0 aliphatic carbocycles. The maximum atomic E-state index is 10.9. The maximum Gasteiger partial charge on any atom is 0.227 e. The number of hydrogen-bond acceptors (Lipinski definition) is 5. The molecule has 2 aromatic rings. The zero-order valence-corrected chi connectivity index (χ0v) is 14.0. The molecule has 0 aliphatic rings. The van der Waals surface area contributed by atoms with Crippen LogP contribution in [0.2, 0.25) is 0 Å². The molecule has 1 heterocycles. The van der Waals surface area contributed by atoms with Crippen molar-refractivity contribution in [3.8, 4) is 5.75 Å². The third-order valence-corrected chi connectivity index (χ3v) is 4.48. The van der Waals surface area contributed by atoms with Crippen LogP contribution in [0, 0.1) is 13.8 Å². The van der Waals surface area contributed by atoms with E-state index in [0.717, 1.165) is 11.3 Å². The van der Waals surface area contributed by atoms with Gasteiger partial charge in [0, 0.05) is 7.05 Å². The Morgan fingerprint density at radius 1 is 1.41 bits per heavy atom. The first kappa shape index (κ1) is 16.4. The number of primary amides is 1. The lowest BCUT2D eigenvalue weighted by Crippen LogP contribution is -2.14. The minimum Gasteiger partial charge on any atom is -0.482 e. The lowest BCUT2D eigenvalue weighted by molar-refractivity contribution is -0.115. The molecule has 1 aromatic heterocycles. The highest BCUT2D eigenvalue weighted by Gasteiger charge is 2.18. The van der Waals surface area contributed by atoms with E-state index >= 15 is 0 Å². The lowest BCUT2D eigenvalue weighted by Gasteiger charge is -2.16. The normalized spacial score (nSPS) is 12.2. The average molecular weight is 320 g/mol. The molecule has 7 heteroatoms. The van der Waals surface area contributed by atoms with Gasteiger partial charge in [-0.3, -0.25) is 4.79 Å². The molecule has 118 valence electrons. The predicted molar refractivity (Wildman–Crippen MR) is 85.9 cm³/mol. The van der Waals surface area contributed by atoms with Gasteiger partial charge in [0.25, 0.3) is 0 Å². The van der Waals surface area contributed by atoms with E-state index < -0.39 is 0 Å². The van der Waals surface area contributed by atoms with Crippen molar-refractivity contribution >= 4 is 17.7 Å². The first-order valence-corrected chi connectivity index (χ1v) is 7.92. The SMILES string of the molecule is Cc1cccc(OC(C)c2nnc(SCC(N)=O)n2C)c1C. The van der Waals surface area contributed by atoms with Crippen LogP contribution in [0.3, 0.4) is 0 Å². The van der Waals surface area contributed by atoms with Crippen LogP contribution in [0.25, 0.3) is 0 Å². The number of amides is 1.